The van der Waals surface area contributed by atoms with Gasteiger partial charge in [0.25, 0.3) is 0 Å². The van der Waals surface area contributed by atoms with E-state index in [1.54, 1.807) is 0 Å². The van der Waals surface area contributed by atoms with E-state index >= 15 is 0 Å². The second-order valence-electron chi connectivity index (χ2n) is 3.33. The van der Waals surface area contributed by atoms with Crippen molar-refractivity contribution in [2.75, 3.05) is 0 Å². The van der Waals surface area contributed by atoms with Crippen molar-refractivity contribution in [2.45, 2.75) is 44.9 Å². The van der Waals surface area contributed by atoms with Crippen LogP contribution in [-0.2, 0) is 4.79 Å². The minimum absolute atomic E-state index is 0.294. The van der Waals surface area contributed by atoms with Crippen LogP contribution in [0, 0.1) is 11.3 Å². The van der Waals surface area contributed by atoms with Crippen LogP contribution in [0.2, 0.25) is 0 Å². The normalized spacial score (nSPS) is 9.36. The lowest BCUT2D eigenvalue weighted by atomic mass is 10.1. The molecule has 3 heteroatoms. The summed E-state index contributed by atoms with van der Waals surface area (Å²) in [6, 6.07) is 2.10. The maximum absolute atomic E-state index is 10.4. The zero-order chi connectivity index (χ0) is 10.8. The summed E-state index contributed by atoms with van der Waals surface area (Å²) in [6.07, 6.45) is 6.21. The van der Waals surface area contributed by atoms with Crippen LogP contribution >= 0.6 is 0 Å². The summed E-state index contributed by atoms with van der Waals surface area (Å²) in [5.41, 5.74) is 0.294. The van der Waals surface area contributed by atoms with Gasteiger partial charge in [0.1, 0.15) is 0 Å². The fraction of sp³-hybridized carbons (Fsp3) is 0.636. The van der Waals surface area contributed by atoms with Crippen LogP contribution in [0.3, 0.4) is 0 Å². The Hall–Kier alpha value is -1.30. The highest BCUT2D eigenvalue weighted by Crippen LogP contribution is 2.10. The number of nitriles is 1. The van der Waals surface area contributed by atoms with E-state index in [0.29, 0.717) is 18.4 Å². The number of carboxylic acids is 1. The summed E-state index contributed by atoms with van der Waals surface area (Å²) in [5, 5.41) is 16.8. The quantitative estimate of drug-likeness (QED) is 0.478. The molecule has 0 unspecified atom stereocenters. The molecule has 0 aromatic heterocycles. The largest absolute Gasteiger partial charge is 0.478 e. The molecule has 0 aliphatic carbocycles. The van der Waals surface area contributed by atoms with E-state index < -0.39 is 5.97 Å². The van der Waals surface area contributed by atoms with E-state index in [4.69, 9.17) is 10.4 Å². The molecule has 0 aromatic rings. The highest BCUT2D eigenvalue weighted by molar-refractivity contribution is 5.85. The van der Waals surface area contributed by atoms with E-state index in [9.17, 15) is 4.79 Å². The van der Waals surface area contributed by atoms with Crippen molar-refractivity contribution in [2.24, 2.45) is 0 Å². The lowest BCUT2D eigenvalue weighted by molar-refractivity contribution is -0.132. The Kier molecular flexibility index (Phi) is 7.53. The van der Waals surface area contributed by atoms with Gasteiger partial charge in [0.05, 0.1) is 6.07 Å². The van der Waals surface area contributed by atoms with E-state index in [2.05, 4.69) is 12.6 Å². The molecule has 1 N–H and O–H groups in total. The first kappa shape index (κ1) is 12.7. The van der Waals surface area contributed by atoms with Gasteiger partial charge in [0.15, 0.2) is 0 Å². The standard InChI is InChI=1S/C11H17NO2/c1-10(11(13)14)8-6-4-2-3-5-7-9-12/h1-8H2,(H,13,14). The van der Waals surface area contributed by atoms with Crippen molar-refractivity contribution in [3.05, 3.63) is 12.2 Å². The molecule has 0 aromatic carbocycles. The Labute approximate surface area is 85.0 Å². The van der Waals surface area contributed by atoms with E-state index in [1.165, 1.54) is 0 Å². The average molecular weight is 195 g/mol. The van der Waals surface area contributed by atoms with Crippen LogP contribution in [-0.4, -0.2) is 11.1 Å². The number of hydrogen-bond donors (Lipinski definition) is 1. The third-order valence-electron chi connectivity index (χ3n) is 2.07. The first-order valence-corrected chi connectivity index (χ1v) is 4.96. The Morgan fingerprint density at radius 2 is 1.79 bits per heavy atom. The first-order valence-electron chi connectivity index (χ1n) is 4.96. The van der Waals surface area contributed by atoms with Crippen LogP contribution in [0.15, 0.2) is 12.2 Å². The minimum atomic E-state index is -0.894. The second-order valence-corrected chi connectivity index (χ2v) is 3.33. The molecule has 0 saturated heterocycles. The number of carboxylic acid groups (broad SMARTS) is 1. The van der Waals surface area contributed by atoms with Gasteiger partial charge in [-0.25, -0.2) is 4.79 Å². The summed E-state index contributed by atoms with van der Waals surface area (Å²) in [4.78, 5) is 10.4. The van der Waals surface area contributed by atoms with Crippen LogP contribution < -0.4 is 0 Å². The summed E-state index contributed by atoms with van der Waals surface area (Å²) in [6.45, 7) is 3.46. The van der Waals surface area contributed by atoms with Gasteiger partial charge in [0.2, 0.25) is 0 Å². The third-order valence-corrected chi connectivity index (χ3v) is 2.07. The molecule has 14 heavy (non-hydrogen) atoms. The molecule has 0 amide bonds. The zero-order valence-electron chi connectivity index (χ0n) is 8.46. The Morgan fingerprint density at radius 3 is 2.36 bits per heavy atom. The average Bonchev–Trinajstić information content (AvgIpc) is 2.16. The van der Waals surface area contributed by atoms with Gasteiger partial charge in [-0.3, -0.25) is 0 Å². The number of aliphatic carboxylic acids is 1. The van der Waals surface area contributed by atoms with E-state index in [1.807, 2.05) is 0 Å². The molecule has 0 fully saturated rings. The van der Waals surface area contributed by atoms with Crippen LogP contribution in [0.5, 0.6) is 0 Å². The number of nitrogens with zero attached hydrogens (tertiary/aromatic N) is 1. The smallest absolute Gasteiger partial charge is 0.330 e. The fourth-order valence-corrected chi connectivity index (χ4v) is 1.18. The van der Waals surface area contributed by atoms with Gasteiger partial charge in [-0.15, -0.1) is 0 Å². The van der Waals surface area contributed by atoms with Gasteiger partial charge in [-0.2, -0.15) is 5.26 Å². The molecular weight excluding hydrogens is 178 g/mol. The number of unbranched alkanes of at least 4 members (excludes halogenated alkanes) is 5. The molecule has 0 aliphatic heterocycles. The van der Waals surface area contributed by atoms with Crippen molar-refractivity contribution in [3.8, 4) is 6.07 Å². The predicted octanol–water partition coefficient (Wildman–Crippen LogP) is 2.88. The number of rotatable bonds is 8. The van der Waals surface area contributed by atoms with Crippen molar-refractivity contribution in [1.29, 1.82) is 5.26 Å². The van der Waals surface area contributed by atoms with E-state index in [0.717, 1.165) is 32.1 Å². The van der Waals surface area contributed by atoms with Gasteiger partial charge in [-0.05, 0) is 19.3 Å². The van der Waals surface area contributed by atoms with Crippen molar-refractivity contribution >= 4 is 5.97 Å². The zero-order valence-corrected chi connectivity index (χ0v) is 8.46. The molecule has 0 radical (unpaired) electrons. The van der Waals surface area contributed by atoms with E-state index in [-0.39, 0.29) is 0 Å². The van der Waals surface area contributed by atoms with Crippen LogP contribution in [0.4, 0.5) is 0 Å². The third kappa shape index (κ3) is 7.35. The monoisotopic (exact) mass is 195 g/mol. The van der Waals surface area contributed by atoms with Crippen LogP contribution in [0.25, 0.3) is 0 Å². The van der Waals surface area contributed by atoms with Gasteiger partial charge in [0, 0.05) is 12.0 Å². The predicted molar refractivity (Wildman–Crippen MR) is 54.7 cm³/mol. The lowest BCUT2D eigenvalue weighted by Gasteiger charge is -2.00. The molecule has 0 rings (SSSR count). The molecule has 0 bridgehead atoms. The fourth-order valence-electron chi connectivity index (χ4n) is 1.18. The molecule has 78 valence electrons. The van der Waals surface area contributed by atoms with Gasteiger partial charge in [-0.1, -0.05) is 25.8 Å². The molecular formula is C11H17NO2. The van der Waals surface area contributed by atoms with Crippen molar-refractivity contribution < 1.29 is 9.90 Å². The molecule has 3 nitrogen and oxygen atoms in total. The highest BCUT2D eigenvalue weighted by atomic mass is 16.4. The Balaban J connectivity index is 3.18. The lowest BCUT2D eigenvalue weighted by Crippen LogP contribution is -1.98. The molecule has 0 heterocycles. The van der Waals surface area contributed by atoms with Crippen molar-refractivity contribution in [3.63, 3.8) is 0 Å². The molecule has 0 saturated carbocycles. The second kappa shape index (κ2) is 8.31. The number of carbonyl (C=O) groups is 1. The van der Waals surface area contributed by atoms with Gasteiger partial charge < -0.3 is 5.11 Å². The topological polar surface area (TPSA) is 61.1 Å². The maximum atomic E-state index is 10.4. The summed E-state index contributed by atoms with van der Waals surface area (Å²) >= 11 is 0. The summed E-state index contributed by atoms with van der Waals surface area (Å²) in [5.74, 6) is -0.894. The minimum Gasteiger partial charge on any atom is -0.478 e. The van der Waals surface area contributed by atoms with Crippen LogP contribution in [0.1, 0.15) is 44.9 Å². The first-order chi connectivity index (χ1) is 6.68. The Bertz CT molecular complexity index is 228. The molecule has 0 aliphatic rings. The maximum Gasteiger partial charge on any atom is 0.330 e. The Morgan fingerprint density at radius 1 is 1.21 bits per heavy atom. The highest BCUT2D eigenvalue weighted by Gasteiger charge is 2.02. The summed E-state index contributed by atoms with van der Waals surface area (Å²) in [7, 11) is 0. The SMILES string of the molecule is C=C(CCCCCCCC#N)C(=O)O. The summed E-state index contributed by atoms with van der Waals surface area (Å²) < 4.78 is 0. The molecule has 0 atom stereocenters. The molecule has 0 spiro atoms. The van der Waals surface area contributed by atoms with Crippen molar-refractivity contribution in [1.82, 2.24) is 0 Å². The van der Waals surface area contributed by atoms with Gasteiger partial charge >= 0.3 is 5.97 Å². The number of hydrogen-bond acceptors (Lipinski definition) is 2.